The van der Waals surface area contributed by atoms with Crippen LogP contribution in [0.15, 0.2) is 55.1 Å². The SMILES string of the molecule is COc1cc(F)ccc1[C@]1(Cn2cncn2)O[C@H]1c1ccccc1F. The first-order chi connectivity index (χ1) is 12.1. The number of ether oxygens (including phenoxy) is 2. The van der Waals surface area contributed by atoms with Gasteiger partial charge in [-0.3, -0.25) is 0 Å². The van der Waals surface area contributed by atoms with Crippen molar-refractivity contribution in [2.45, 2.75) is 18.2 Å². The molecule has 4 rings (SSSR count). The Bertz CT molecular complexity index is 901. The van der Waals surface area contributed by atoms with Gasteiger partial charge in [0, 0.05) is 17.2 Å². The lowest BCUT2D eigenvalue weighted by Crippen LogP contribution is -2.20. The van der Waals surface area contributed by atoms with Crippen LogP contribution in [0.5, 0.6) is 5.75 Å². The van der Waals surface area contributed by atoms with Gasteiger partial charge in [-0.2, -0.15) is 5.10 Å². The highest BCUT2D eigenvalue weighted by Gasteiger charge is 2.61. The molecule has 0 saturated carbocycles. The Morgan fingerprint density at radius 2 is 2.08 bits per heavy atom. The van der Waals surface area contributed by atoms with E-state index in [0.717, 1.165) is 0 Å². The van der Waals surface area contributed by atoms with Crippen LogP contribution in [0.4, 0.5) is 8.78 Å². The van der Waals surface area contributed by atoms with Crippen LogP contribution < -0.4 is 4.74 Å². The normalized spacial score (nSPS) is 22.0. The van der Waals surface area contributed by atoms with Crippen molar-refractivity contribution < 1.29 is 18.3 Å². The number of benzene rings is 2. The zero-order valence-corrected chi connectivity index (χ0v) is 13.4. The highest BCUT2D eigenvalue weighted by Crippen LogP contribution is 2.60. The van der Waals surface area contributed by atoms with Crippen molar-refractivity contribution in [2.24, 2.45) is 0 Å². The standard InChI is InChI=1S/C18H15F2N3O2/c1-24-16-8-12(19)6-7-14(16)18(9-23-11-21-10-22-23)17(25-18)13-4-2-3-5-15(13)20/h2-8,10-11,17H,9H2,1H3/t17-,18-/m0/s1. The zero-order valence-electron chi connectivity index (χ0n) is 13.4. The minimum absolute atomic E-state index is 0.300. The van der Waals surface area contributed by atoms with Crippen molar-refractivity contribution >= 4 is 0 Å². The van der Waals surface area contributed by atoms with Gasteiger partial charge < -0.3 is 9.47 Å². The summed E-state index contributed by atoms with van der Waals surface area (Å²) in [4.78, 5) is 3.93. The van der Waals surface area contributed by atoms with Crippen LogP contribution in [0.25, 0.3) is 0 Å². The van der Waals surface area contributed by atoms with Gasteiger partial charge in [-0.1, -0.05) is 18.2 Å². The first-order valence-corrected chi connectivity index (χ1v) is 7.73. The predicted octanol–water partition coefficient (Wildman–Crippen LogP) is 3.23. The molecule has 1 aliphatic rings. The number of nitrogens with zero attached hydrogens (tertiary/aromatic N) is 3. The highest BCUT2D eigenvalue weighted by molar-refractivity contribution is 5.45. The molecule has 5 nitrogen and oxygen atoms in total. The van der Waals surface area contributed by atoms with Gasteiger partial charge in [0.2, 0.25) is 0 Å². The highest BCUT2D eigenvalue weighted by atomic mass is 19.1. The van der Waals surface area contributed by atoms with Gasteiger partial charge in [0.25, 0.3) is 0 Å². The summed E-state index contributed by atoms with van der Waals surface area (Å²) in [6.07, 6.45) is 2.44. The predicted molar refractivity (Wildman–Crippen MR) is 84.9 cm³/mol. The summed E-state index contributed by atoms with van der Waals surface area (Å²) in [6, 6.07) is 10.7. The van der Waals surface area contributed by atoms with Gasteiger partial charge in [0.1, 0.15) is 41.7 Å². The van der Waals surface area contributed by atoms with Crippen LogP contribution in [-0.2, 0) is 16.9 Å². The van der Waals surface area contributed by atoms with Gasteiger partial charge in [0.05, 0.1) is 13.7 Å². The Morgan fingerprint density at radius 1 is 1.24 bits per heavy atom. The van der Waals surface area contributed by atoms with E-state index < -0.39 is 17.5 Å². The van der Waals surface area contributed by atoms with Crippen LogP contribution in [0.3, 0.4) is 0 Å². The van der Waals surface area contributed by atoms with Crippen molar-refractivity contribution in [3.63, 3.8) is 0 Å². The van der Waals surface area contributed by atoms with E-state index in [1.807, 2.05) is 0 Å². The lowest BCUT2D eigenvalue weighted by molar-refractivity contribution is 0.255. The molecule has 1 fully saturated rings. The molecule has 0 bridgehead atoms. The van der Waals surface area contributed by atoms with Crippen molar-refractivity contribution in [2.75, 3.05) is 7.11 Å². The average molecular weight is 343 g/mol. The number of aromatic nitrogens is 3. The van der Waals surface area contributed by atoms with E-state index in [4.69, 9.17) is 9.47 Å². The Balaban J connectivity index is 1.80. The third-order valence-corrected chi connectivity index (χ3v) is 4.37. The molecule has 25 heavy (non-hydrogen) atoms. The molecule has 0 aliphatic carbocycles. The van der Waals surface area contributed by atoms with Crippen molar-refractivity contribution in [3.05, 3.63) is 77.9 Å². The summed E-state index contributed by atoms with van der Waals surface area (Å²) in [5, 5.41) is 4.11. The van der Waals surface area contributed by atoms with Gasteiger partial charge in [-0.05, 0) is 18.2 Å². The van der Waals surface area contributed by atoms with E-state index in [-0.39, 0.29) is 5.82 Å². The number of hydrogen-bond acceptors (Lipinski definition) is 4. The number of hydrogen-bond donors (Lipinski definition) is 0. The van der Waals surface area contributed by atoms with Gasteiger partial charge >= 0.3 is 0 Å². The molecule has 1 aliphatic heterocycles. The smallest absolute Gasteiger partial charge is 0.147 e. The van der Waals surface area contributed by atoms with Crippen LogP contribution in [0.1, 0.15) is 17.2 Å². The van der Waals surface area contributed by atoms with E-state index >= 15 is 0 Å². The molecule has 0 unspecified atom stereocenters. The molecule has 2 heterocycles. The molecule has 128 valence electrons. The minimum Gasteiger partial charge on any atom is -0.496 e. The molecular formula is C18H15F2N3O2. The summed E-state index contributed by atoms with van der Waals surface area (Å²) in [7, 11) is 1.46. The number of epoxide rings is 1. The maximum absolute atomic E-state index is 14.3. The molecule has 3 aromatic rings. The second-order valence-electron chi connectivity index (χ2n) is 5.85. The van der Waals surface area contributed by atoms with E-state index in [1.165, 1.54) is 31.6 Å². The number of halogens is 2. The van der Waals surface area contributed by atoms with Gasteiger partial charge in [0.15, 0.2) is 0 Å². The molecule has 0 N–H and O–H groups in total. The monoisotopic (exact) mass is 343 g/mol. The molecule has 1 saturated heterocycles. The van der Waals surface area contributed by atoms with E-state index in [0.29, 0.717) is 23.4 Å². The molecule has 2 aromatic carbocycles. The Hall–Kier alpha value is -2.80. The van der Waals surface area contributed by atoms with Gasteiger partial charge in [-0.25, -0.2) is 18.4 Å². The van der Waals surface area contributed by atoms with Crippen LogP contribution in [0, 0.1) is 11.6 Å². The third-order valence-electron chi connectivity index (χ3n) is 4.37. The van der Waals surface area contributed by atoms with Crippen LogP contribution in [-0.4, -0.2) is 21.9 Å². The molecule has 7 heteroatoms. The fourth-order valence-electron chi connectivity index (χ4n) is 3.16. The summed E-state index contributed by atoms with van der Waals surface area (Å²) in [6.45, 7) is 0.300. The Kier molecular flexibility index (Phi) is 3.73. The molecular weight excluding hydrogens is 328 g/mol. The maximum atomic E-state index is 14.3. The second kappa shape index (κ2) is 5.93. The first kappa shape index (κ1) is 15.7. The summed E-state index contributed by atoms with van der Waals surface area (Å²) >= 11 is 0. The average Bonchev–Trinajstić information content (AvgIpc) is 3.08. The van der Waals surface area contributed by atoms with Crippen molar-refractivity contribution in [3.8, 4) is 5.75 Å². The third kappa shape index (κ3) is 2.66. The fourth-order valence-corrected chi connectivity index (χ4v) is 3.16. The lowest BCUT2D eigenvalue weighted by atomic mass is 9.90. The number of methoxy groups -OCH3 is 1. The minimum atomic E-state index is -0.908. The zero-order chi connectivity index (χ0) is 17.4. The lowest BCUT2D eigenvalue weighted by Gasteiger charge is -2.17. The van der Waals surface area contributed by atoms with Gasteiger partial charge in [-0.15, -0.1) is 0 Å². The quantitative estimate of drug-likeness (QED) is 0.668. The Labute approximate surface area is 142 Å². The fraction of sp³-hybridized carbons (Fsp3) is 0.222. The summed E-state index contributed by atoms with van der Waals surface area (Å²) in [5.41, 5.74) is 0.170. The number of rotatable bonds is 5. The molecule has 0 radical (unpaired) electrons. The van der Waals surface area contributed by atoms with E-state index in [9.17, 15) is 8.78 Å². The molecule has 0 spiro atoms. The second-order valence-corrected chi connectivity index (χ2v) is 5.85. The first-order valence-electron chi connectivity index (χ1n) is 7.73. The topological polar surface area (TPSA) is 52.5 Å². The summed E-state index contributed by atoms with van der Waals surface area (Å²) < 4.78 is 40.8. The largest absolute Gasteiger partial charge is 0.496 e. The van der Waals surface area contributed by atoms with Crippen LogP contribution >= 0.6 is 0 Å². The molecule has 0 amide bonds. The van der Waals surface area contributed by atoms with Crippen molar-refractivity contribution in [1.29, 1.82) is 0 Å². The van der Waals surface area contributed by atoms with Crippen LogP contribution in [0.2, 0.25) is 0 Å². The molecule has 2 atom stereocenters. The maximum Gasteiger partial charge on any atom is 0.147 e. The van der Waals surface area contributed by atoms with Crippen molar-refractivity contribution in [1.82, 2.24) is 14.8 Å². The summed E-state index contributed by atoms with van der Waals surface area (Å²) in [5.74, 6) is -0.424. The molecule has 1 aromatic heterocycles. The van der Waals surface area contributed by atoms with E-state index in [1.54, 1.807) is 35.3 Å². The van der Waals surface area contributed by atoms with E-state index in [2.05, 4.69) is 10.1 Å². The Morgan fingerprint density at radius 3 is 2.80 bits per heavy atom.